The normalized spacial score (nSPS) is 12.0. The van der Waals surface area contributed by atoms with E-state index in [1.165, 1.54) is 0 Å². The van der Waals surface area contributed by atoms with E-state index in [-0.39, 0.29) is 5.57 Å². The Morgan fingerprint density at radius 2 is 1.86 bits per heavy atom. The van der Waals surface area contributed by atoms with Gasteiger partial charge in [-0.2, -0.15) is 0 Å². The maximum absolute atomic E-state index is 12.4. The number of carbonyl (C=O) groups excluding carboxylic acids is 1. The summed E-state index contributed by atoms with van der Waals surface area (Å²) in [7, 11) is 0. The SMILES string of the molecule is CCCCc1ncc(/C=C(\Cc2ccccc2)C(=O)O)n1Cc1ccc(C(=O)OC(C)(C)C)cc1Cl. The summed E-state index contributed by atoms with van der Waals surface area (Å²) >= 11 is 6.58. The summed E-state index contributed by atoms with van der Waals surface area (Å²) in [5, 5.41) is 10.3. The van der Waals surface area contributed by atoms with Gasteiger partial charge in [0.1, 0.15) is 11.4 Å². The van der Waals surface area contributed by atoms with Crippen LogP contribution in [0.4, 0.5) is 0 Å². The Morgan fingerprint density at radius 1 is 1.14 bits per heavy atom. The van der Waals surface area contributed by atoms with Gasteiger partial charge >= 0.3 is 11.9 Å². The highest BCUT2D eigenvalue weighted by atomic mass is 35.5. The predicted molar refractivity (Wildman–Crippen MR) is 142 cm³/mol. The smallest absolute Gasteiger partial charge is 0.338 e. The van der Waals surface area contributed by atoms with E-state index in [9.17, 15) is 14.7 Å². The summed E-state index contributed by atoms with van der Waals surface area (Å²) < 4.78 is 7.44. The van der Waals surface area contributed by atoms with Gasteiger partial charge in [-0.25, -0.2) is 14.6 Å². The third kappa shape index (κ3) is 7.56. The summed E-state index contributed by atoms with van der Waals surface area (Å²) in [6.45, 7) is 7.96. The van der Waals surface area contributed by atoms with Crippen LogP contribution in [0.2, 0.25) is 5.02 Å². The molecule has 1 heterocycles. The molecule has 190 valence electrons. The molecule has 3 rings (SSSR count). The van der Waals surface area contributed by atoms with Crippen LogP contribution in [0.25, 0.3) is 6.08 Å². The van der Waals surface area contributed by atoms with E-state index >= 15 is 0 Å². The quantitative estimate of drug-likeness (QED) is 0.246. The van der Waals surface area contributed by atoms with Crippen LogP contribution in [0.1, 0.15) is 73.5 Å². The van der Waals surface area contributed by atoms with E-state index in [2.05, 4.69) is 11.9 Å². The number of aliphatic carboxylic acids is 1. The van der Waals surface area contributed by atoms with Gasteiger partial charge in [0.2, 0.25) is 0 Å². The van der Waals surface area contributed by atoms with Crippen molar-refractivity contribution in [1.29, 1.82) is 0 Å². The molecule has 0 amide bonds. The number of carboxylic acid groups (broad SMARTS) is 1. The lowest BCUT2D eigenvalue weighted by Gasteiger charge is -2.20. The van der Waals surface area contributed by atoms with E-state index < -0.39 is 17.5 Å². The molecular weight excluding hydrogens is 476 g/mol. The number of unbranched alkanes of at least 4 members (excludes halogenated alkanes) is 1. The summed E-state index contributed by atoms with van der Waals surface area (Å²) in [5.74, 6) is -0.542. The van der Waals surface area contributed by atoms with Gasteiger partial charge in [-0.1, -0.05) is 61.3 Å². The second kappa shape index (κ2) is 12.0. The second-order valence-electron chi connectivity index (χ2n) is 9.73. The molecule has 0 saturated heterocycles. The third-order valence-electron chi connectivity index (χ3n) is 5.57. The first-order chi connectivity index (χ1) is 17.1. The number of ether oxygens (including phenoxy) is 1. The molecule has 1 aromatic heterocycles. The molecule has 1 N–H and O–H groups in total. The minimum absolute atomic E-state index is 0.274. The van der Waals surface area contributed by atoms with Crippen LogP contribution in [-0.2, 0) is 28.9 Å². The van der Waals surface area contributed by atoms with Crippen molar-refractivity contribution in [3.05, 3.63) is 93.5 Å². The monoisotopic (exact) mass is 508 g/mol. The van der Waals surface area contributed by atoms with Crippen LogP contribution in [0, 0.1) is 0 Å². The van der Waals surface area contributed by atoms with Crippen molar-refractivity contribution in [1.82, 2.24) is 9.55 Å². The fourth-order valence-electron chi connectivity index (χ4n) is 3.75. The molecule has 0 aliphatic carbocycles. The van der Waals surface area contributed by atoms with E-state index in [4.69, 9.17) is 16.3 Å². The van der Waals surface area contributed by atoms with E-state index in [1.807, 2.05) is 55.7 Å². The van der Waals surface area contributed by atoms with Crippen LogP contribution in [0.15, 0.2) is 60.3 Å². The van der Waals surface area contributed by atoms with Gasteiger partial charge in [-0.05, 0) is 56.5 Å². The lowest BCUT2D eigenvalue weighted by atomic mass is 10.0. The Bertz CT molecular complexity index is 1240. The lowest BCUT2D eigenvalue weighted by molar-refractivity contribution is -0.132. The van der Waals surface area contributed by atoms with Gasteiger partial charge < -0.3 is 14.4 Å². The fraction of sp³-hybridized carbons (Fsp3) is 0.345. The minimum atomic E-state index is -0.971. The predicted octanol–water partition coefficient (Wildman–Crippen LogP) is 6.59. The van der Waals surface area contributed by atoms with Crippen molar-refractivity contribution in [2.24, 2.45) is 0 Å². The van der Waals surface area contributed by atoms with Crippen LogP contribution in [-0.4, -0.2) is 32.2 Å². The number of hydrogen-bond donors (Lipinski definition) is 1. The molecule has 0 radical (unpaired) electrons. The molecule has 0 aliphatic heterocycles. The van der Waals surface area contributed by atoms with Gasteiger partial charge in [-0.15, -0.1) is 0 Å². The van der Waals surface area contributed by atoms with Gasteiger partial charge in [0.05, 0.1) is 24.0 Å². The van der Waals surface area contributed by atoms with Crippen molar-refractivity contribution >= 4 is 29.6 Å². The molecule has 7 heteroatoms. The Hall–Kier alpha value is -3.38. The summed E-state index contributed by atoms with van der Waals surface area (Å²) in [5.41, 5.74) is 2.47. The largest absolute Gasteiger partial charge is 0.478 e. The standard InChI is InChI=1S/C29H33ClN2O4/c1-5-6-12-26-31-18-24(16-23(27(33)34)15-20-10-8-7-9-11-20)32(26)19-22-14-13-21(17-25(22)30)28(35)36-29(2,3)4/h7-11,13-14,16-18H,5-6,12,15,19H2,1-4H3,(H,33,34)/b23-16+. The van der Waals surface area contributed by atoms with Crippen molar-refractivity contribution in [3.63, 3.8) is 0 Å². The number of benzene rings is 2. The highest BCUT2D eigenvalue weighted by Crippen LogP contribution is 2.24. The topological polar surface area (TPSA) is 81.4 Å². The second-order valence-corrected chi connectivity index (χ2v) is 10.1. The first-order valence-corrected chi connectivity index (χ1v) is 12.5. The average Bonchev–Trinajstić information content (AvgIpc) is 3.19. The van der Waals surface area contributed by atoms with Crippen LogP contribution >= 0.6 is 11.6 Å². The molecule has 0 aliphatic rings. The maximum Gasteiger partial charge on any atom is 0.338 e. The molecule has 0 unspecified atom stereocenters. The van der Waals surface area contributed by atoms with Gasteiger partial charge in [0.25, 0.3) is 0 Å². The zero-order chi connectivity index (χ0) is 26.3. The number of carboxylic acids is 1. The summed E-state index contributed by atoms with van der Waals surface area (Å²) in [6.07, 6.45) is 6.43. The molecule has 0 fully saturated rings. The lowest BCUT2D eigenvalue weighted by Crippen LogP contribution is -2.23. The average molecular weight is 509 g/mol. The molecular formula is C29H33ClN2O4. The van der Waals surface area contributed by atoms with E-state index in [0.29, 0.717) is 29.2 Å². The number of imidazole rings is 1. The van der Waals surface area contributed by atoms with E-state index in [0.717, 1.165) is 36.2 Å². The number of aromatic nitrogens is 2. The summed E-state index contributed by atoms with van der Waals surface area (Å²) in [4.78, 5) is 29.1. The minimum Gasteiger partial charge on any atom is -0.478 e. The maximum atomic E-state index is 12.4. The Labute approximate surface area is 217 Å². The van der Waals surface area contributed by atoms with Crippen LogP contribution in [0.3, 0.4) is 0 Å². The molecule has 36 heavy (non-hydrogen) atoms. The molecule has 6 nitrogen and oxygen atoms in total. The summed E-state index contributed by atoms with van der Waals surface area (Å²) in [6, 6.07) is 14.6. The molecule has 0 saturated carbocycles. The number of rotatable bonds is 10. The zero-order valence-corrected chi connectivity index (χ0v) is 22.0. The number of nitrogens with zero attached hydrogens (tertiary/aromatic N) is 2. The number of aryl methyl sites for hydroxylation is 1. The van der Waals surface area contributed by atoms with Crippen LogP contribution in [0.5, 0.6) is 0 Å². The van der Waals surface area contributed by atoms with Crippen LogP contribution < -0.4 is 0 Å². The first kappa shape index (κ1) is 27.2. The molecule has 0 spiro atoms. The highest BCUT2D eigenvalue weighted by Gasteiger charge is 2.19. The zero-order valence-electron chi connectivity index (χ0n) is 21.3. The molecule has 0 atom stereocenters. The third-order valence-corrected chi connectivity index (χ3v) is 5.93. The van der Waals surface area contributed by atoms with Crippen molar-refractivity contribution in [3.8, 4) is 0 Å². The highest BCUT2D eigenvalue weighted by molar-refractivity contribution is 6.31. The fourth-order valence-corrected chi connectivity index (χ4v) is 3.99. The molecule has 2 aromatic carbocycles. The van der Waals surface area contributed by atoms with E-state index in [1.54, 1.807) is 30.5 Å². The number of hydrogen-bond acceptors (Lipinski definition) is 4. The van der Waals surface area contributed by atoms with Gasteiger partial charge in [0.15, 0.2) is 0 Å². The molecule has 0 bridgehead atoms. The Kier molecular flexibility index (Phi) is 9.10. The number of halogens is 1. The van der Waals surface area contributed by atoms with Crippen molar-refractivity contribution in [2.75, 3.05) is 0 Å². The molecule has 3 aromatic rings. The van der Waals surface area contributed by atoms with Gasteiger partial charge in [0, 0.05) is 23.4 Å². The first-order valence-electron chi connectivity index (χ1n) is 12.1. The number of esters is 1. The number of carbonyl (C=O) groups is 2. The van der Waals surface area contributed by atoms with Gasteiger partial charge in [-0.3, -0.25) is 0 Å². The Morgan fingerprint density at radius 3 is 2.47 bits per heavy atom. The van der Waals surface area contributed by atoms with Crippen molar-refractivity contribution in [2.45, 2.75) is 65.5 Å². The Balaban J connectivity index is 1.94. The van der Waals surface area contributed by atoms with Crippen molar-refractivity contribution < 1.29 is 19.4 Å².